The second kappa shape index (κ2) is 7.25. The van der Waals surface area contributed by atoms with Crippen molar-refractivity contribution in [2.75, 3.05) is 26.2 Å². The second-order valence-electron chi connectivity index (χ2n) is 6.54. The monoisotopic (exact) mass is 302 g/mol. The van der Waals surface area contributed by atoms with Gasteiger partial charge < -0.3 is 15.0 Å². The van der Waals surface area contributed by atoms with Crippen LogP contribution in [0.4, 0.5) is 0 Å². The maximum Gasteiger partial charge on any atom is 0.236 e. The summed E-state index contributed by atoms with van der Waals surface area (Å²) in [4.78, 5) is 14.3. The van der Waals surface area contributed by atoms with Crippen molar-refractivity contribution in [2.45, 2.75) is 38.3 Å². The van der Waals surface area contributed by atoms with E-state index < -0.39 is 0 Å². The number of amides is 1. The number of benzene rings is 1. The molecule has 22 heavy (non-hydrogen) atoms. The summed E-state index contributed by atoms with van der Waals surface area (Å²) in [6.45, 7) is 4.56. The number of nitrogens with one attached hydrogen (secondary N) is 1. The molecule has 4 nitrogen and oxygen atoms in total. The third-order valence-corrected chi connectivity index (χ3v) is 4.60. The van der Waals surface area contributed by atoms with Crippen LogP contribution in [0.15, 0.2) is 30.3 Å². The summed E-state index contributed by atoms with van der Waals surface area (Å²) >= 11 is 0. The minimum atomic E-state index is 0.154. The van der Waals surface area contributed by atoms with Gasteiger partial charge in [0.05, 0.1) is 19.3 Å². The molecule has 0 unspecified atom stereocenters. The van der Waals surface area contributed by atoms with Crippen LogP contribution in [0.5, 0.6) is 0 Å². The Morgan fingerprint density at radius 2 is 2.14 bits per heavy atom. The van der Waals surface area contributed by atoms with E-state index >= 15 is 0 Å². The van der Waals surface area contributed by atoms with E-state index in [1.54, 1.807) is 0 Å². The normalized spacial score (nSPS) is 23.3. The molecule has 1 N–H and O–H groups in total. The molecule has 1 aliphatic carbocycles. The lowest BCUT2D eigenvalue weighted by molar-refractivity contribution is -0.137. The van der Waals surface area contributed by atoms with Crippen LogP contribution >= 0.6 is 0 Å². The largest absolute Gasteiger partial charge is 0.375 e. The highest BCUT2D eigenvalue weighted by atomic mass is 16.5. The number of ether oxygens (including phenoxy) is 1. The number of morpholine rings is 1. The van der Waals surface area contributed by atoms with Crippen LogP contribution in [0.1, 0.15) is 25.3 Å². The van der Waals surface area contributed by atoms with Gasteiger partial charge >= 0.3 is 0 Å². The van der Waals surface area contributed by atoms with Gasteiger partial charge in [-0.25, -0.2) is 0 Å². The van der Waals surface area contributed by atoms with Crippen LogP contribution < -0.4 is 5.32 Å². The summed E-state index contributed by atoms with van der Waals surface area (Å²) in [6.07, 6.45) is 3.74. The van der Waals surface area contributed by atoms with Crippen molar-refractivity contribution in [3.8, 4) is 0 Å². The van der Waals surface area contributed by atoms with Crippen molar-refractivity contribution >= 4 is 5.91 Å². The molecule has 1 saturated carbocycles. The van der Waals surface area contributed by atoms with Crippen LogP contribution in [-0.4, -0.2) is 49.2 Å². The third-order valence-electron chi connectivity index (χ3n) is 4.60. The average molecular weight is 302 g/mol. The van der Waals surface area contributed by atoms with Gasteiger partial charge in [0.2, 0.25) is 5.91 Å². The van der Waals surface area contributed by atoms with Crippen molar-refractivity contribution in [3.63, 3.8) is 0 Å². The highest BCUT2D eigenvalue weighted by molar-refractivity contribution is 5.78. The summed E-state index contributed by atoms with van der Waals surface area (Å²) in [7, 11) is 0. The lowest BCUT2D eigenvalue weighted by Gasteiger charge is -2.31. The van der Waals surface area contributed by atoms with Crippen LogP contribution in [0.3, 0.4) is 0 Å². The second-order valence-corrected chi connectivity index (χ2v) is 6.54. The maximum absolute atomic E-state index is 12.4. The third kappa shape index (κ3) is 4.31. The zero-order valence-electron chi connectivity index (χ0n) is 13.3. The molecular formula is C18H26N2O2. The van der Waals surface area contributed by atoms with Crippen LogP contribution in [-0.2, 0) is 16.0 Å². The molecule has 2 aliphatic rings. The first-order valence-corrected chi connectivity index (χ1v) is 8.39. The zero-order chi connectivity index (χ0) is 15.4. The minimum absolute atomic E-state index is 0.154. The molecule has 1 aliphatic heterocycles. The van der Waals surface area contributed by atoms with Crippen molar-refractivity contribution in [3.05, 3.63) is 35.9 Å². The van der Waals surface area contributed by atoms with Crippen molar-refractivity contribution in [1.82, 2.24) is 10.2 Å². The number of hydrogen-bond acceptors (Lipinski definition) is 3. The van der Waals surface area contributed by atoms with Gasteiger partial charge in [0.25, 0.3) is 0 Å². The van der Waals surface area contributed by atoms with Gasteiger partial charge in [-0.05, 0) is 37.7 Å². The van der Waals surface area contributed by atoms with E-state index in [0.717, 1.165) is 18.9 Å². The van der Waals surface area contributed by atoms with Crippen molar-refractivity contribution in [2.24, 2.45) is 5.92 Å². The maximum atomic E-state index is 12.4. The van der Waals surface area contributed by atoms with Gasteiger partial charge in [0.15, 0.2) is 0 Å². The Labute approximate surface area is 132 Å². The summed E-state index contributed by atoms with van der Waals surface area (Å²) in [6, 6.07) is 11.0. The SMILES string of the molecule is C[C@H]1CN(C(=O)CN[C@H](Cc2ccccc2)C2CC2)CCO1. The van der Waals surface area contributed by atoms with Crippen molar-refractivity contribution in [1.29, 1.82) is 0 Å². The molecule has 4 heteroatoms. The smallest absolute Gasteiger partial charge is 0.236 e. The Hall–Kier alpha value is -1.39. The first-order valence-electron chi connectivity index (χ1n) is 8.39. The Morgan fingerprint density at radius 3 is 2.82 bits per heavy atom. The number of rotatable bonds is 6. The molecule has 0 aromatic heterocycles. The van der Waals surface area contributed by atoms with Crippen LogP contribution in [0, 0.1) is 5.92 Å². The first kappa shape index (κ1) is 15.5. The van der Waals surface area contributed by atoms with E-state index in [-0.39, 0.29) is 12.0 Å². The molecule has 3 rings (SSSR count). The van der Waals surface area contributed by atoms with Gasteiger partial charge in [-0.2, -0.15) is 0 Å². The van der Waals surface area contributed by atoms with E-state index in [1.807, 2.05) is 17.9 Å². The van der Waals surface area contributed by atoms with E-state index in [2.05, 4.69) is 29.6 Å². The molecule has 2 atom stereocenters. The fourth-order valence-electron chi connectivity index (χ4n) is 3.15. The summed E-state index contributed by atoms with van der Waals surface area (Å²) in [5, 5.41) is 3.51. The Balaban J connectivity index is 1.50. The number of nitrogens with zero attached hydrogens (tertiary/aromatic N) is 1. The molecule has 1 heterocycles. The van der Waals surface area contributed by atoms with E-state index in [4.69, 9.17) is 4.74 Å². The standard InChI is InChI=1S/C18H26N2O2/c1-14-13-20(9-10-22-14)18(21)12-19-17(16-7-8-16)11-15-5-3-2-4-6-15/h2-6,14,16-17,19H,7-13H2,1H3/t14-,17+/m0/s1. The molecule has 2 fully saturated rings. The molecular weight excluding hydrogens is 276 g/mol. The fraction of sp³-hybridized carbons (Fsp3) is 0.611. The molecule has 0 radical (unpaired) electrons. The fourth-order valence-corrected chi connectivity index (χ4v) is 3.15. The van der Waals surface area contributed by atoms with E-state index in [1.165, 1.54) is 18.4 Å². The highest BCUT2D eigenvalue weighted by Crippen LogP contribution is 2.34. The first-order chi connectivity index (χ1) is 10.7. The van der Waals surface area contributed by atoms with Gasteiger partial charge in [0.1, 0.15) is 0 Å². The topological polar surface area (TPSA) is 41.6 Å². The predicted molar refractivity (Wildman–Crippen MR) is 86.7 cm³/mol. The molecule has 0 bridgehead atoms. The van der Waals surface area contributed by atoms with Crippen LogP contribution in [0.25, 0.3) is 0 Å². The van der Waals surface area contributed by atoms with Gasteiger partial charge in [-0.3, -0.25) is 4.79 Å². The molecule has 1 aromatic carbocycles. The van der Waals surface area contributed by atoms with E-state index in [9.17, 15) is 4.79 Å². The molecule has 1 aromatic rings. The van der Waals surface area contributed by atoms with E-state index in [0.29, 0.717) is 25.7 Å². The number of carbonyl (C=O) groups excluding carboxylic acids is 1. The summed E-state index contributed by atoms with van der Waals surface area (Å²) in [5.74, 6) is 0.936. The zero-order valence-corrected chi connectivity index (χ0v) is 13.3. The minimum Gasteiger partial charge on any atom is -0.375 e. The molecule has 1 saturated heterocycles. The van der Waals surface area contributed by atoms with Gasteiger partial charge in [-0.15, -0.1) is 0 Å². The lowest BCUT2D eigenvalue weighted by atomic mass is 10.0. The summed E-state index contributed by atoms with van der Waals surface area (Å²) in [5.41, 5.74) is 1.35. The molecule has 1 amide bonds. The number of carbonyl (C=O) groups is 1. The quantitative estimate of drug-likeness (QED) is 0.872. The van der Waals surface area contributed by atoms with Crippen molar-refractivity contribution < 1.29 is 9.53 Å². The van der Waals surface area contributed by atoms with Gasteiger partial charge in [-0.1, -0.05) is 30.3 Å². The average Bonchev–Trinajstić information content (AvgIpc) is 3.37. The molecule has 0 spiro atoms. The van der Waals surface area contributed by atoms with Gasteiger partial charge in [0, 0.05) is 19.1 Å². The Morgan fingerprint density at radius 1 is 1.36 bits per heavy atom. The predicted octanol–water partition coefficient (Wildman–Crippen LogP) is 1.84. The van der Waals surface area contributed by atoms with Crippen LogP contribution in [0.2, 0.25) is 0 Å². The highest BCUT2D eigenvalue weighted by Gasteiger charge is 2.31. The molecule has 120 valence electrons. The summed E-state index contributed by atoms with van der Waals surface area (Å²) < 4.78 is 5.50. The Bertz CT molecular complexity index is 487. The Kier molecular flexibility index (Phi) is 5.11. The number of hydrogen-bond donors (Lipinski definition) is 1. The lowest BCUT2D eigenvalue weighted by Crippen LogP contribution is -2.49.